The first-order chi connectivity index (χ1) is 10.1. The van der Waals surface area contributed by atoms with E-state index in [0.29, 0.717) is 0 Å². The topological polar surface area (TPSA) is 12.0 Å². The molecule has 1 heteroatoms. The molecule has 0 saturated heterocycles. The molecule has 0 heterocycles. The van der Waals surface area contributed by atoms with Crippen LogP contribution >= 0.6 is 0 Å². The van der Waals surface area contributed by atoms with Crippen molar-refractivity contribution < 1.29 is 0 Å². The Morgan fingerprint density at radius 2 is 1.48 bits per heavy atom. The lowest BCUT2D eigenvalue weighted by atomic mass is 9.89. The van der Waals surface area contributed by atoms with Crippen LogP contribution in [0.4, 0.5) is 0 Å². The highest BCUT2D eigenvalue weighted by Crippen LogP contribution is 2.29. The van der Waals surface area contributed by atoms with Crippen molar-refractivity contribution in [3.05, 3.63) is 69.8 Å². The Bertz CT molecular complexity index is 573. The summed E-state index contributed by atoms with van der Waals surface area (Å²) in [6.07, 6.45) is 1.09. The second-order valence-electron chi connectivity index (χ2n) is 5.90. The largest absolute Gasteiger partial charge is 0.307 e. The van der Waals surface area contributed by atoms with E-state index < -0.39 is 0 Å². The molecular formula is C20H27N. The number of nitrogens with one attached hydrogen (secondary N) is 1. The van der Waals surface area contributed by atoms with Gasteiger partial charge in [-0.2, -0.15) is 0 Å². The molecule has 1 N–H and O–H groups in total. The molecule has 1 nitrogen and oxygen atoms in total. The summed E-state index contributed by atoms with van der Waals surface area (Å²) in [4.78, 5) is 0. The molecule has 112 valence electrons. The molecule has 1 atom stereocenters. The first-order valence-corrected chi connectivity index (χ1v) is 7.96. The van der Waals surface area contributed by atoms with Gasteiger partial charge < -0.3 is 5.32 Å². The third-order valence-electron chi connectivity index (χ3n) is 4.16. The second-order valence-corrected chi connectivity index (χ2v) is 5.90. The molecule has 0 spiro atoms. The molecule has 21 heavy (non-hydrogen) atoms. The molecule has 1 unspecified atom stereocenters. The lowest BCUT2D eigenvalue weighted by molar-refractivity contribution is 0.624. The fraction of sp³-hybridized carbons (Fsp3) is 0.400. The Balaban J connectivity index is 2.47. The predicted molar refractivity (Wildman–Crippen MR) is 92.0 cm³/mol. The van der Waals surface area contributed by atoms with Crippen LogP contribution in [0, 0.1) is 20.8 Å². The highest BCUT2D eigenvalue weighted by Gasteiger charge is 2.17. The Labute approximate surface area is 129 Å². The van der Waals surface area contributed by atoms with Gasteiger partial charge in [-0.05, 0) is 61.6 Å². The summed E-state index contributed by atoms with van der Waals surface area (Å²) in [6, 6.07) is 13.9. The van der Waals surface area contributed by atoms with Gasteiger partial charge in [0, 0.05) is 0 Å². The maximum Gasteiger partial charge on any atom is 0.0581 e. The molecule has 0 radical (unpaired) electrons. The summed E-state index contributed by atoms with van der Waals surface area (Å²) >= 11 is 0. The van der Waals surface area contributed by atoms with E-state index in [0.717, 1.165) is 13.0 Å². The summed E-state index contributed by atoms with van der Waals surface area (Å²) in [5.74, 6) is 0. The van der Waals surface area contributed by atoms with Crippen LogP contribution in [0.3, 0.4) is 0 Å². The zero-order valence-electron chi connectivity index (χ0n) is 14.0. The first kappa shape index (κ1) is 15.8. The Morgan fingerprint density at radius 3 is 1.95 bits per heavy atom. The van der Waals surface area contributed by atoms with E-state index >= 15 is 0 Å². The summed E-state index contributed by atoms with van der Waals surface area (Å²) in [5.41, 5.74) is 8.25. The molecule has 0 aliphatic rings. The van der Waals surface area contributed by atoms with Crippen LogP contribution in [0.2, 0.25) is 0 Å². The maximum atomic E-state index is 3.65. The molecule has 0 aromatic heterocycles. The van der Waals surface area contributed by atoms with Crippen molar-refractivity contribution in [3.63, 3.8) is 0 Å². The minimum absolute atomic E-state index is 0.279. The van der Waals surface area contributed by atoms with Gasteiger partial charge in [0.05, 0.1) is 6.04 Å². The molecule has 0 saturated carbocycles. The summed E-state index contributed by atoms with van der Waals surface area (Å²) in [7, 11) is 0. The first-order valence-electron chi connectivity index (χ1n) is 7.96. The predicted octanol–water partition coefficient (Wildman–Crippen LogP) is 4.87. The van der Waals surface area contributed by atoms with Crippen molar-refractivity contribution in [2.24, 2.45) is 0 Å². The average molecular weight is 281 g/mol. The third kappa shape index (κ3) is 3.54. The highest BCUT2D eigenvalue weighted by molar-refractivity contribution is 5.44. The van der Waals surface area contributed by atoms with Gasteiger partial charge in [-0.25, -0.2) is 0 Å². The van der Waals surface area contributed by atoms with Gasteiger partial charge in [0.15, 0.2) is 0 Å². The van der Waals surface area contributed by atoms with Gasteiger partial charge >= 0.3 is 0 Å². The van der Waals surface area contributed by atoms with Crippen molar-refractivity contribution in [1.82, 2.24) is 5.32 Å². The van der Waals surface area contributed by atoms with Crippen molar-refractivity contribution in [1.29, 1.82) is 0 Å². The molecule has 0 aliphatic heterocycles. The number of benzene rings is 2. The molecular weight excluding hydrogens is 254 g/mol. The van der Waals surface area contributed by atoms with E-state index in [-0.39, 0.29) is 6.04 Å². The van der Waals surface area contributed by atoms with E-state index in [9.17, 15) is 0 Å². The minimum Gasteiger partial charge on any atom is -0.307 e. The standard InChI is InChI=1S/C20H27N/c1-6-17-8-10-18(11-9-17)20(21-7-2)19-15(4)12-14(3)13-16(19)5/h8-13,20-21H,6-7H2,1-5H3. The fourth-order valence-electron chi connectivity index (χ4n) is 3.18. The van der Waals surface area contributed by atoms with Gasteiger partial charge in [0.1, 0.15) is 0 Å². The van der Waals surface area contributed by atoms with Crippen molar-refractivity contribution >= 4 is 0 Å². The van der Waals surface area contributed by atoms with E-state index in [1.54, 1.807) is 0 Å². The summed E-state index contributed by atoms with van der Waals surface area (Å²) < 4.78 is 0. The van der Waals surface area contributed by atoms with Crippen molar-refractivity contribution in [2.45, 2.75) is 47.1 Å². The molecule has 2 aromatic carbocycles. The van der Waals surface area contributed by atoms with Crippen LogP contribution in [0.1, 0.15) is 53.3 Å². The molecule has 2 aromatic rings. The van der Waals surface area contributed by atoms with Crippen molar-refractivity contribution in [2.75, 3.05) is 6.54 Å². The number of hydrogen-bond donors (Lipinski definition) is 1. The van der Waals surface area contributed by atoms with E-state index in [1.165, 1.54) is 33.4 Å². The lowest BCUT2D eigenvalue weighted by Gasteiger charge is -2.24. The van der Waals surface area contributed by atoms with Crippen LogP contribution in [-0.4, -0.2) is 6.54 Å². The van der Waals surface area contributed by atoms with Gasteiger partial charge in [-0.1, -0.05) is 55.8 Å². The SMILES string of the molecule is CCNC(c1ccc(CC)cc1)c1c(C)cc(C)cc1C. The summed E-state index contributed by atoms with van der Waals surface area (Å²) in [5, 5.41) is 3.65. The molecule has 0 amide bonds. The number of rotatable bonds is 5. The molecule has 0 aliphatic carbocycles. The zero-order chi connectivity index (χ0) is 15.4. The normalized spacial score (nSPS) is 12.4. The third-order valence-corrected chi connectivity index (χ3v) is 4.16. The summed E-state index contributed by atoms with van der Waals surface area (Å²) in [6.45, 7) is 12.0. The van der Waals surface area contributed by atoms with Gasteiger partial charge in [-0.3, -0.25) is 0 Å². The van der Waals surface area contributed by atoms with Crippen LogP contribution in [0.5, 0.6) is 0 Å². The molecule has 0 bridgehead atoms. The van der Waals surface area contributed by atoms with E-state index in [2.05, 4.69) is 76.3 Å². The highest BCUT2D eigenvalue weighted by atomic mass is 14.9. The zero-order valence-corrected chi connectivity index (χ0v) is 14.0. The number of hydrogen-bond acceptors (Lipinski definition) is 1. The van der Waals surface area contributed by atoms with E-state index in [1.807, 2.05) is 0 Å². The van der Waals surface area contributed by atoms with Crippen LogP contribution in [-0.2, 0) is 6.42 Å². The maximum absolute atomic E-state index is 3.65. The Kier molecular flexibility index (Phi) is 5.19. The minimum atomic E-state index is 0.279. The Morgan fingerprint density at radius 1 is 0.905 bits per heavy atom. The lowest BCUT2D eigenvalue weighted by Crippen LogP contribution is -2.23. The van der Waals surface area contributed by atoms with Crippen LogP contribution in [0.15, 0.2) is 36.4 Å². The van der Waals surface area contributed by atoms with Gasteiger partial charge in [-0.15, -0.1) is 0 Å². The average Bonchev–Trinajstić information content (AvgIpc) is 2.45. The van der Waals surface area contributed by atoms with Gasteiger partial charge in [0.2, 0.25) is 0 Å². The molecule has 0 fully saturated rings. The monoisotopic (exact) mass is 281 g/mol. The van der Waals surface area contributed by atoms with Crippen LogP contribution in [0.25, 0.3) is 0 Å². The van der Waals surface area contributed by atoms with E-state index in [4.69, 9.17) is 0 Å². The smallest absolute Gasteiger partial charge is 0.0581 e. The number of aryl methyl sites for hydroxylation is 4. The van der Waals surface area contributed by atoms with Gasteiger partial charge in [0.25, 0.3) is 0 Å². The van der Waals surface area contributed by atoms with Crippen LogP contribution < -0.4 is 5.32 Å². The quantitative estimate of drug-likeness (QED) is 0.824. The van der Waals surface area contributed by atoms with Crippen molar-refractivity contribution in [3.8, 4) is 0 Å². The Hall–Kier alpha value is -1.60. The molecule has 2 rings (SSSR count). The second kappa shape index (κ2) is 6.91. The fourth-order valence-corrected chi connectivity index (χ4v) is 3.18.